The molecule has 1 unspecified atom stereocenters. The van der Waals surface area contributed by atoms with Crippen molar-refractivity contribution in [2.75, 3.05) is 6.61 Å². The van der Waals surface area contributed by atoms with Gasteiger partial charge in [0, 0.05) is 6.04 Å². The zero-order valence-electron chi connectivity index (χ0n) is 6.45. The van der Waals surface area contributed by atoms with Crippen molar-refractivity contribution in [1.82, 2.24) is 0 Å². The molecule has 0 amide bonds. The van der Waals surface area contributed by atoms with E-state index in [2.05, 4.69) is 5.16 Å². The number of oxime groups is 1. The monoisotopic (exact) mass is 142 g/mol. The van der Waals surface area contributed by atoms with E-state index in [1.165, 1.54) is 0 Å². The molecule has 10 heavy (non-hydrogen) atoms. The zero-order chi connectivity index (χ0) is 7.82. The van der Waals surface area contributed by atoms with Gasteiger partial charge < -0.3 is 10.6 Å². The Balaban J connectivity index is 3.18. The SMILES string of the molecule is C/C=C/CO/N=C/C(C)N. The van der Waals surface area contributed by atoms with Crippen LogP contribution in [0.4, 0.5) is 0 Å². The van der Waals surface area contributed by atoms with Gasteiger partial charge in [-0.1, -0.05) is 11.2 Å². The maximum atomic E-state index is 5.36. The quantitative estimate of drug-likeness (QED) is 0.274. The second kappa shape index (κ2) is 6.29. The number of rotatable bonds is 4. The third-order valence-electron chi connectivity index (χ3n) is 0.777. The van der Waals surface area contributed by atoms with Crippen molar-refractivity contribution in [3.8, 4) is 0 Å². The summed E-state index contributed by atoms with van der Waals surface area (Å²) in [5, 5.41) is 3.61. The molecule has 3 heteroatoms. The lowest BCUT2D eigenvalue weighted by Gasteiger charge is -1.93. The van der Waals surface area contributed by atoms with Crippen molar-refractivity contribution in [2.24, 2.45) is 10.9 Å². The van der Waals surface area contributed by atoms with Gasteiger partial charge in [0.1, 0.15) is 6.61 Å². The summed E-state index contributed by atoms with van der Waals surface area (Å²) in [6, 6.07) is -0.0365. The zero-order valence-corrected chi connectivity index (χ0v) is 6.45. The Labute approximate surface area is 61.5 Å². The van der Waals surface area contributed by atoms with Crippen LogP contribution in [0.5, 0.6) is 0 Å². The van der Waals surface area contributed by atoms with Crippen LogP contribution in [0.15, 0.2) is 17.3 Å². The Morgan fingerprint density at radius 1 is 1.70 bits per heavy atom. The smallest absolute Gasteiger partial charge is 0.135 e. The van der Waals surface area contributed by atoms with E-state index in [-0.39, 0.29) is 6.04 Å². The molecule has 0 saturated carbocycles. The van der Waals surface area contributed by atoms with E-state index < -0.39 is 0 Å². The van der Waals surface area contributed by atoms with E-state index in [4.69, 9.17) is 10.6 Å². The molecule has 0 aromatic carbocycles. The lowest BCUT2D eigenvalue weighted by Crippen LogP contribution is -2.16. The normalized spacial score (nSPS) is 14.7. The molecular weight excluding hydrogens is 128 g/mol. The van der Waals surface area contributed by atoms with E-state index in [1.54, 1.807) is 6.21 Å². The molecule has 0 aliphatic rings. The Hall–Kier alpha value is -0.830. The van der Waals surface area contributed by atoms with Crippen molar-refractivity contribution in [2.45, 2.75) is 19.9 Å². The van der Waals surface area contributed by atoms with Crippen LogP contribution in [0, 0.1) is 0 Å². The Bertz CT molecular complexity index is 119. The van der Waals surface area contributed by atoms with Gasteiger partial charge >= 0.3 is 0 Å². The number of nitrogens with zero attached hydrogens (tertiary/aromatic N) is 1. The van der Waals surface area contributed by atoms with Crippen LogP contribution in [-0.2, 0) is 4.84 Å². The van der Waals surface area contributed by atoms with Crippen LogP contribution in [0.2, 0.25) is 0 Å². The lowest BCUT2D eigenvalue weighted by molar-refractivity contribution is 0.175. The molecule has 0 spiro atoms. The second-order valence-electron chi connectivity index (χ2n) is 1.98. The minimum atomic E-state index is -0.0365. The maximum absolute atomic E-state index is 5.36. The summed E-state index contributed by atoms with van der Waals surface area (Å²) in [7, 11) is 0. The molecule has 0 bridgehead atoms. The Kier molecular flexibility index (Phi) is 5.77. The predicted octanol–water partition coefficient (Wildman–Crippen LogP) is 0.912. The molecule has 0 fully saturated rings. The van der Waals surface area contributed by atoms with Crippen LogP contribution in [0.3, 0.4) is 0 Å². The fraction of sp³-hybridized carbons (Fsp3) is 0.571. The number of nitrogens with two attached hydrogens (primary N) is 1. The third kappa shape index (κ3) is 7.17. The molecule has 0 radical (unpaired) electrons. The van der Waals surface area contributed by atoms with Crippen LogP contribution in [0.1, 0.15) is 13.8 Å². The highest BCUT2D eigenvalue weighted by Gasteiger charge is 1.82. The molecular formula is C7H14N2O. The van der Waals surface area contributed by atoms with E-state index in [9.17, 15) is 0 Å². The van der Waals surface area contributed by atoms with Gasteiger partial charge in [-0.15, -0.1) is 0 Å². The van der Waals surface area contributed by atoms with Gasteiger partial charge in [0.25, 0.3) is 0 Å². The van der Waals surface area contributed by atoms with Crippen LogP contribution < -0.4 is 5.73 Å². The van der Waals surface area contributed by atoms with Gasteiger partial charge in [-0.05, 0) is 19.9 Å². The van der Waals surface area contributed by atoms with Gasteiger partial charge in [-0.3, -0.25) is 0 Å². The van der Waals surface area contributed by atoms with Crippen molar-refractivity contribution in [1.29, 1.82) is 0 Å². The van der Waals surface area contributed by atoms with E-state index in [1.807, 2.05) is 26.0 Å². The van der Waals surface area contributed by atoms with Gasteiger partial charge in [-0.2, -0.15) is 0 Å². The van der Waals surface area contributed by atoms with E-state index >= 15 is 0 Å². The topological polar surface area (TPSA) is 47.6 Å². The lowest BCUT2D eigenvalue weighted by atomic mass is 10.4. The fourth-order valence-corrected chi connectivity index (χ4v) is 0.321. The molecule has 0 aliphatic carbocycles. The van der Waals surface area contributed by atoms with E-state index in [0.717, 1.165) is 0 Å². The summed E-state index contributed by atoms with van der Waals surface area (Å²) in [6.07, 6.45) is 5.34. The van der Waals surface area contributed by atoms with Gasteiger partial charge in [0.05, 0.1) is 6.21 Å². The highest BCUT2D eigenvalue weighted by molar-refractivity contribution is 5.62. The van der Waals surface area contributed by atoms with Crippen LogP contribution in [-0.4, -0.2) is 18.9 Å². The van der Waals surface area contributed by atoms with Gasteiger partial charge in [0.15, 0.2) is 0 Å². The molecule has 1 atom stereocenters. The molecule has 0 heterocycles. The van der Waals surface area contributed by atoms with E-state index in [0.29, 0.717) is 6.61 Å². The number of allylic oxidation sites excluding steroid dienone is 1. The molecule has 3 nitrogen and oxygen atoms in total. The molecule has 58 valence electrons. The first-order chi connectivity index (χ1) is 4.77. The summed E-state index contributed by atoms with van der Waals surface area (Å²) >= 11 is 0. The average molecular weight is 142 g/mol. The molecule has 0 aromatic heterocycles. The Morgan fingerprint density at radius 3 is 2.90 bits per heavy atom. The van der Waals surface area contributed by atoms with Crippen molar-refractivity contribution in [3.05, 3.63) is 12.2 Å². The van der Waals surface area contributed by atoms with Gasteiger partial charge in [-0.25, -0.2) is 0 Å². The first kappa shape index (κ1) is 9.17. The second-order valence-corrected chi connectivity index (χ2v) is 1.98. The molecule has 0 rings (SSSR count). The van der Waals surface area contributed by atoms with Crippen molar-refractivity contribution in [3.63, 3.8) is 0 Å². The largest absolute Gasteiger partial charge is 0.392 e. The predicted molar refractivity (Wildman–Crippen MR) is 42.9 cm³/mol. The van der Waals surface area contributed by atoms with Crippen LogP contribution >= 0.6 is 0 Å². The average Bonchev–Trinajstić information content (AvgIpc) is 1.87. The summed E-state index contributed by atoms with van der Waals surface area (Å²) in [5.74, 6) is 0. The van der Waals surface area contributed by atoms with Gasteiger partial charge in [0.2, 0.25) is 0 Å². The third-order valence-corrected chi connectivity index (χ3v) is 0.777. The minimum Gasteiger partial charge on any atom is -0.392 e. The highest BCUT2D eigenvalue weighted by atomic mass is 16.6. The molecule has 0 aliphatic heterocycles. The number of hydrogen-bond donors (Lipinski definition) is 1. The summed E-state index contributed by atoms with van der Waals surface area (Å²) < 4.78 is 0. The highest BCUT2D eigenvalue weighted by Crippen LogP contribution is 1.77. The Morgan fingerprint density at radius 2 is 2.40 bits per heavy atom. The molecule has 0 aromatic rings. The first-order valence-electron chi connectivity index (χ1n) is 3.29. The molecule has 2 N–H and O–H groups in total. The summed E-state index contributed by atoms with van der Waals surface area (Å²) in [5.41, 5.74) is 5.36. The maximum Gasteiger partial charge on any atom is 0.135 e. The molecule has 0 saturated heterocycles. The summed E-state index contributed by atoms with van der Waals surface area (Å²) in [4.78, 5) is 4.79. The van der Waals surface area contributed by atoms with Crippen LogP contribution in [0.25, 0.3) is 0 Å². The fourth-order valence-electron chi connectivity index (χ4n) is 0.321. The first-order valence-corrected chi connectivity index (χ1v) is 3.29. The minimum absolute atomic E-state index is 0.0365. The standard InChI is InChI=1S/C7H14N2O/c1-3-4-5-10-9-6-7(2)8/h3-4,6-7H,5,8H2,1-2H3/b4-3+,9-6+. The summed E-state index contributed by atoms with van der Waals surface area (Å²) in [6.45, 7) is 4.28. The number of hydrogen-bond acceptors (Lipinski definition) is 3. The van der Waals surface area contributed by atoms with Crippen molar-refractivity contribution < 1.29 is 4.84 Å². The van der Waals surface area contributed by atoms with Crippen molar-refractivity contribution >= 4 is 6.21 Å².